The third-order valence-corrected chi connectivity index (χ3v) is 3.31. The first-order valence-corrected chi connectivity index (χ1v) is 7.36. The van der Waals surface area contributed by atoms with Crippen LogP contribution in [0.2, 0.25) is 0 Å². The molecule has 7 nitrogen and oxygen atoms in total. The van der Waals surface area contributed by atoms with Crippen molar-refractivity contribution in [2.75, 3.05) is 13.1 Å². The van der Waals surface area contributed by atoms with Gasteiger partial charge in [-0.05, 0) is 32.9 Å². The van der Waals surface area contributed by atoms with Gasteiger partial charge in [0.2, 0.25) is 0 Å². The number of fused-ring (bicyclic) bond motifs is 1. The highest BCUT2D eigenvalue weighted by atomic mass is 16.6. The van der Waals surface area contributed by atoms with E-state index in [-0.39, 0.29) is 12.2 Å². The lowest BCUT2D eigenvalue weighted by molar-refractivity contribution is 0.0274. The van der Waals surface area contributed by atoms with Crippen molar-refractivity contribution in [1.82, 2.24) is 19.9 Å². The number of ether oxygens (including phenoxy) is 2. The van der Waals surface area contributed by atoms with E-state index in [1.807, 2.05) is 32.9 Å². The van der Waals surface area contributed by atoms with Gasteiger partial charge in [0.15, 0.2) is 5.65 Å². The van der Waals surface area contributed by atoms with Crippen LogP contribution in [-0.2, 0) is 4.74 Å². The number of aromatic nitrogens is 3. The Balaban J connectivity index is 1.60. The van der Waals surface area contributed by atoms with E-state index in [1.165, 1.54) is 0 Å². The second-order valence-electron chi connectivity index (χ2n) is 6.37. The summed E-state index contributed by atoms with van der Waals surface area (Å²) in [5.41, 5.74) is 0.972. The third-order valence-electron chi connectivity index (χ3n) is 3.31. The van der Waals surface area contributed by atoms with E-state index in [0.717, 1.165) is 11.9 Å². The number of nitrogens with one attached hydrogen (secondary N) is 1. The molecule has 0 radical (unpaired) electrons. The van der Waals surface area contributed by atoms with Gasteiger partial charge < -0.3 is 19.4 Å². The zero-order chi connectivity index (χ0) is 15.7. The predicted molar refractivity (Wildman–Crippen MR) is 80.7 cm³/mol. The van der Waals surface area contributed by atoms with Crippen molar-refractivity contribution in [3.8, 4) is 6.01 Å². The molecule has 3 rings (SSSR count). The maximum atomic E-state index is 12.0. The summed E-state index contributed by atoms with van der Waals surface area (Å²) < 4.78 is 11.2. The second kappa shape index (κ2) is 5.47. The molecule has 1 amide bonds. The molecule has 1 aliphatic rings. The fourth-order valence-electron chi connectivity index (χ4n) is 2.35. The summed E-state index contributed by atoms with van der Waals surface area (Å²) >= 11 is 0. The number of likely N-dealkylation sites (tertiary alicyclic amines) is 1. The molecule has 3 heterocycles. The summed E-state index contributed by atoms with van der Waals surface area (Å²) in [4.78, 5) is 25.2. The fraction of sp³-hybridized carbons (Fsp3) is 0.533. The van der Waals surface area contributed by atoms with Gasteiger partial charge in [-0.15, -0.1) is 0 Å². The van der Waals surface area contributed by atoms with Gasteiger partial charge >= 0.3 is 6.09 Å². The Bertz CT molecular complexity index is 644. The van der Waals surface area contributed by atoms with Crippen LogP contribution in [0.4, 0.5) is 4.79 Å². The summed E-state index contributed by atoms with van der Waals surface area (Å²) in [6.45, 7) is 6.69. The number of nitrogens with zero attached hydrogens (tertiary/aromatic N) is 3. The van der Waals surface area contributed by atoms with Gasteiger partial charge in [-0.2, -0.15) is 4.98 Å². The average Bonchev–Trinajstić information content (AvgIpc) is 3.02. The van der Waals surface area contributed by atoms with Crippen molar-refractivity contribution in [1.29, 1.82) is 0 Å². The Morgan fingerprint density at radius 3 is 3.00 bits per heavy atom. The minimum Gasteiger partial charge on any atom is -0.459 e. The monoisotopic (exact) mass is 304 g/mol. The molecule has 0 bridgehead atoms. The van der Waals surface area contributed by atoms with Crippen LogP contribution in [-0.4, -0.2) is 50.7 Å². The zero-order valence-corrected chi connectivity index (χ0v) is 13.0. The molecule has 1 N–H and O–H groups in total. The largest absolute Gasteiger partial charge is 0.459 e. The SMILES string of the molecule is CC(C)(C)OC(=O)N1CCC(Oc2nc3ncccc3[nH]2)C1. The van der Waals surface area contributed by atoms with Gasteiger partial charge in [0.25, 0.3) is 6.01 Å². The first-order valence-electron chi connectivity index (χ1n) is 7.36. The first kappa shape index (κ1) is 14.6. The van der Waals surface area contributed by atoms with Gasteiger partial charge in [-0.3, -0.25) is 0 Å². The number of rotatable bonds is 2. The molecule has 1 fully saturated rings. The Labute approximate surface area is 128 Å². The van der Waals surface area contributed by atoms with Gasteiger partial charge in [0.1, 0.15) is 11.7 Å². The van der Waals surface area contributed by atoms with E-state index in [4.69, 9.17) is 9.47 Å². The lowest BCUT2D eigenvalue weighted by atomic mass is 10.2. The number of amides is 1. The first-order chi connectivity index (χ1) is 10.4. The number of hydrogen-bond acceptors (Lipinski definition) is 5. The summed E-state index contributed by atoms with van der Waals surface area (Å²) in [6, 6.07) is 4.17. The Morgan fingerprint density at radius 2 is 2.27 bits per heavy atom. The Hall–Kier alpha value is -2.31. The van der Waals surface area contributed by atoms with Crippen LogP contribution >= 0.6 is 0 Å². The summed E-state index contributed by atoms with van der Waals surface area (Å²) in [5, 5.41) is 0. The van der Waals surface area contributed by atoms with Crippen molar-refractivity contribution in [3.63, 3.8) is 0 Å². The van der Waals surface area contributed by atoms with Gasteiger partial charge in [-0.25, -0.2) is 9.78 Å². The number of H-pyrrole nitrogens is 1. The highest BCUT2D eigenvalue weighted by molar-refractivity contribution is 5.70. The molecule has 118 valence electrons. The molecule has 1 atom stereocenters. The summed E-state index contributed by atoms with van der Waals surface area (Å²) in [7, 11) is 0. The number of carbonyl (C=O) groups is 1. The van der Waals surface area contributed by atoms with Crippen molar-refractivity contribution in [2.45, 2.75) is 38.9 Å². The lowest BCUT2D eigenvalue weighted by Crippen LogP contribution is -2.36. The molecule has 1 aliphatic heterocycles. The molecule has 0 spiro atoms. The molecule has 7 heteroatoms. The molecule has 1 saturated heterocycles. The molecule has 0 aliphatic carbocycles. The molecule has 0 aromatic carbocycles. The van der Waals surface area contributed by atoms with Gasteiger partial charge in [0.05, 0.1) is 12.1 Å². The molecule has 22 heavy (non-hydrogen) atoms. The van der Waals surface area contributed by atoms with E-state index in [9.17, 15) is 4.79 Å². The van der Waals surface area contributed by atoms with Crippen LogP contribution in [0.15, 0.2) is 18.3 Å². The lowest BCUT2D eigenvalue weighted by Gasteiger charge is -2.24. The van der Waals surface area contributed by atoms with E-state index < -0.39 is 5.60 Å². The molecule has 0 saturated carbocycles. The average molecular weight is 304 g/mol. The molecular weight excluding hydrogens is 284 g/mol. The van der Waals surface area contributed by atoms with Crippen molar-refractivity contribution < 1.29 is 14.3 Å². The third kappa shape index (κ3) is 3.29. The summed E-state index contributed by atoms with van der Waals surface area (Å²) in [6.07, 6.45) is 2.05. The highest BCUT2D eigenvalue weighted by Crippen LogP contribution is 2.20. The minimum absolute atomic E-state index is 0.0897. The summed E-state index contributed by atoms with van der Waals surface area (Å²) in [5.74, 6) is 0. The van der Waals surface area contributed by atoms with Crippen LogP contribution in [0.25, 0.3) is 11.2 Å². The molecule has 1 unspecified atom stereocenters. The second-order valence-corrected chi connectivity index (χ2v) is 6.37. The normalized spacial score (nSPS) is 18.7. The van der Waals surface area contributed by atoms with Gasteiger partial charge in [-0.1, -0.05) is 0 Å². The quantitative estimate of drug-likeness (QED) is 0.921. The van der Waals surface area contributed by atoms with E-state index in [2.05, 4.69) is 15.0 Å². The standard InChI is InChI=1S/C15H20N4O3/c1-15(2,3)22-14(20)19-8-6-10(9-19)21-13-17-11-5-4-7-16-12(11)18-13/h4-5,7,10H,6,8-9H2,1-3H3,(H,16,17,18). The van der Waals surface area contributed by atoms with E-state index in [0.29, 0.717) is 24.7 Å². The number of aromatic amines is 1. The Morgan fingerprint density at radius 1 is 1.45 bits per heavy atom. The van der Waals surface area contributed by atoms with Crippen LogP contribution < -0.4 is 4.74 Å². The minimum atomic E-state index is -0.486. The maximum absolute atomic E-state index is 12.0. The van der Waals surface area contributed by atoms with Crippen LogP contribution in [0, 0.1) is 0 Å². The number of pyridine rings is 1. The fourth-order valence-corrected chi connectivity index (χ4v) is 2.35. The smallest absolute Gasteiger partial charge is 0.410 e. The van der Waals surface area contributed by atoms with E-state index in [1.54, 1.807) is 11.1 Å². The van der Waals surface area contributed by atoms with Crippen LogP contribution in [0.1, 0.15) is 27.2 Å². The topological polar surface area (TPSA) is 80.3 Å². The highest BCUT2D eigenvalue weighted by Gasteiger charge is 2.31. The van der Waals surface area contributed by atoms with Crippen molar-refractivity contribution >= 4 is 17.3 Å². The maximum Gasteiger partial charge on any atom is 0.410 e. The number of imidazole rings is 1. The van der Waals surface area contributed by atoms with Gasteiger partial charge in [0, 0.05) is 19.2 Å². The predicted octanol–water partition coefficient (Wildman–Crippen LogP) is 2.35. The Kier molecular flexibility index (Phi) is 3.64. The molecule has 2 aromatic rings. The van der Waals surface area contributed by atoms with Crippen molar-refractivity contribution in [3.05, 3.63) is 18.3 Å². The van der Waals surface area contributed by atoms with Crippen LogP contribution in [0.3, 0.4) is 0 Å². The van der Waals surface area contributed by atoms with Crippen LogP contribution in [0.5, 0.6) is 6.01 Å². The zero-order valence-electron chi connectivity index (χ0n) is 13.0. The van der Waals surface area contributed by atoms with Crippen molar-refractivity contribution in [2.24, 2.45) is 0 Å². The van der Waals surface area contributed by atoms with E-state index >= 15 is 0 Å². The number of carbonyl (C=O) groups excluding carboxylic acids is 1. The molecule has 2 aromatic heterocycles. The molecular formula is C15H20N4O3. The number of hydrogen-bond donors (Lipinski definition) is 1.